The Balaban J connectivity index is 0.00000200. The molecule has 2 N–H and O–H groups in total. The summed E-state index contributed by atoms with van der Waals surface area (Å²) in [5, 5.41) is 0. The molecule has 0 bridgehead atoms. The Morgan fingerprint density at radius 3 is 2.60 bits per heavy atom. The molecular weight excluding hydrogens is 276 g/mol. The Kier molecular flexibility index (Phi) is 5.50. The number of nitrogens with two attached hydrogens (primary N) is 1. The van der Waals surface area contributed by atoms with Crippen molar-refractivity contribution in [1.29, 1.82) is 0 Å². The lowest BCUT2D eigenvalue weighted by Crippen LogP contribution is -2.82. The summed E-state index contributed by atoms with van der Waals surface area (Å²) in [7, 11) is 0. The number of carbonyl (C=O) groups is 1. The molecule has 1 heterocycles. The van der Waals surface area contributed by atoms with Gasteiger partial charge in [0.25, 0.3) is 0 Å². The molecule has 0 radical (unpaired) electrons. The fourth-order valence-corrected chi connectivity index (χ4v) is 3.94. The van der Waals surface area contributed by atoms with Crippen LogP contribution in [0.1, 0.15) is 47.0 Å². The van der Waals surface area contributed by atoms with Crippen molar-refractivity contribution >= 4 is 18.3 Å². The van der Waals surface area contributed by atoms with E-state index in [0.29, 0.717) is 0 Å². The molecule has 5 heteroatoms. The number of ether oxygens (including phenoxy) is 1. The first-order valence-electron chi connectivity index (χ1n) is 7.61. The van der Waals surface area contributed by atoms with E-state index in [9.17, 15) is 4.79 Å². The lowest BCUT2D eigenvalue weighted by atomic mass is 9.46. The quantitative estimate of drug-likeness (QED) is 0.866. The van der Waals surface area contributed by atoms with Crippen molar-refractivity contribution in [2.75, 3.05) is 19.7 Å². The third kappa shape index (κ3) is 2.26. The van der Waals surface area contributed by atoms with E-state index >= 15 is 0 Å². The van der Waals surface area contributed by atoms with Crippen molar-refractivity contribution in [1.82, 2.24) is 4.90 Å². The number of halogens is 1. The van der Waals surface area contributed by atoms with Crippen LogP contribution in [0.3, 0.4) is 0 Å². The number of fused-ring (bicyclic) bond motifs is 1. The maximum Gasteiger partial charge on any atom is 0.243 e. The lowest BCUT2D eigenvalue weighted by Gasteiger charge is -2.65. The van der Waals surface area contributed by atoms with Crippen LogP contribution in [-0.4, -0.2) is 42.1 Å². The molecule has 1 saturated carbocycles. The van der Waals surface area contributed by atoms with Gasteiger partial charge in [-0.2, -0.15) is 0 Å². The zero-order valence-electron chi connectivity index (χ0n) is 13.1. The van der Waals surface area contributed by atoms with Gasteiger partial charge in [0.2, 0.25) is 5.91 Å². The smallest absolute Gasteiger partial charge is 0.243 e. The highest BCUT2D eigenvalue weighted by atomic mass is 35.5. The zero-order valence-corrected chi connectivity index (χ0v) is 14.0. The fourth-order valence-electron chi connectivity index (χ4n) is 3.94. The van der Waals surface area contributed by atoms with Gasteiger partial charge in [-0.25, -0.2) is 0 Å². The molecule has 0 aromatic carbocycles. The van der Waals surface area contributed by atoms with Crippen molar-refractivity contribution < 1.29 is 9.53 Å². The Bertz CT molecular complexity index is 362. The molecule has 1 aliphatic heterocycles. The lowest BCUT2D eigenvalue weighted by molar-refractivity contribution is -0.230. The molecule has 1 aliphatic carbocycles. The normalized spacial score (nSPS) is 34.5. The van der Waals surface area contributed by atoms with E-state index in [1.807, 2.05) is 11.8 Å². The molecule has 118 valence electrons. The molecule has 4 nitrogen and oxygen atoms in total. The van der Waals surface area contributed by atoms with Gasteiger partial charge in [0.05, 0.1) is 6.10 Å². The third-order valence-electron chi connectivity index (χ3n) is 5.20. The van der Waals surface area contributed by atoms with Gasteiger partial charge in [0.1, 0.15) is 5.54 Å². The minimum Gasteiger partial charge on any atom is -0.377 e. The number of likely N-dealkylation sites (N-methyl/N-ethyl adjacent to an activating group) is 1. The maximum absolute atomic E-state index is 12.9. The van der Waals surface area contributed by atoms with Crippen molar-refractivity contribution in [2.45, 2.75) is 58.6 Å². The van der Waals surface area contributed by atoms with Gasteiger partial charge < -0.3 is 15.4 Å². The van der Waals surface area contributed by atoms with Crippen molar-refractivity contribution in [2.24, 2.45) is 17.1 Å². The number of rotatable bonds is 4. The highest BCUT2D eigenvalue weighted by Crippen LogP contribution is 2.57. The van der Waals surface area contributed by atoms with Crippen LogP contribution in [0.4, 0.5) is 0 Å². The Hall–Kier alpha value is -0.320. The van der Waals surface area contributed by atoms with E-state index in [2.05, 4.69) is 20.8 Å². The minimum atomic E-state index is -0.747. The molecule has 2 rings (SSSR count). The molecule has 3 unspecified atom stereocenters. The van der Waals surface area contributed by atoms with E-state index in [-0.39, 0.29) is 35.8 Å². The van der Waals surface area contributed by atoms with Crippen LogP contribution >= 0.6 is 12.4 Å². The summed E-state index contributed by atoms with van der Waals surface area (Å²) in [5.41, 5.74) is 5.60. The zero-order chi connectivity index (χ0) is 14.3. The van der Waals surface area contributed by atoms with E-state index in [1.54, 1.807) is 0 Å². The molecule has 1 saturated heterocycles. The first-order valence-corrected chi connectivity index (χ1v) is 7.61. The standard InChI is InChI=1S/C15H28N2O2.ClH/c1-5-9-17(6-2)13(18)15(16)11-8-7-10-19-12(11)14(15,3)4;/h11-12H,5-10,16H2,1-4H3;1H. The molecule has 2 fully saturated rings. The summed E-state index contributed by atoms with van der Waals surface area (Å²) in [6.07, 6.45) is 3.15. The van der Waals surface area contributed by atoms with Crippen LogP contribution in [0.15, 0.2) is 0 Å². The highest BCUT2D eigenvalue weighted by Gasteiger charge is 2.70. The van der Waals surface area contributed by atoms with E-state index in [0.717, 1.165) is 39.0 Å². The minimum absolute atomic E-state index is 0. The topological polar surface area (TPSA) is 55.6 Å². The molecule has 0 spiro atoms. The maximum atomic E-state index is 12.9. The largest absolute Gasteiger partial charge is 0.377 e. The molecule has 0 aromatic heterocycles. The number of nitrogens with zero attached hydrogens (tertiary/aromatic N) is 1. The van der Waals surface area contributed by atoms with Crippen molar-refractivity contribution in [3.8, 4) is 0 Å². The van der Waals surface area contributed by atoms with Crippen molar-refractivity contribution in [3.05, 3.63) is 0 Å². The third-order valence-corrected chi connectivity index (χ3v) is 5.20. The highest BCUT2D eigenvalue weighted by molar-refractivity contribution is 5.89. The van der Waals surface area contributed by atoms with Crippen LogP contribution in [-0.2, 0) is 9.53 Å². The van der Waals surface area contributed by atoms with Gasteiger partial charge in [0.15, 0.2) is 0 Å². The molecular formula is C15H29ClN2O2. The number of hydrogen-bond acceptors (Lipinski definition) is 3. The fraction of sp³-hybridized carbons (Fsp3) is 0.933. The van der Waals surface area contributed by atoms with E-state index in [4.69, 9.17) is 10.5 Å². The van der Waals surface area contributed by atoms with Crippen LogP contribution in [0.2, 0.25) is 0 Å². The average Bonchev–Trinajstić information content (AvgIpc) is 2.43. The summed E-state index contributed by atoms with van der Waals surface area (Å²) in [5.74, 6) is 0.309. The second-order valence-electron chi connectivity index (χ2n) is 6.52. The average molecular weight is 305 g/mol. The predicted molar refractivity (Wildman–Crippen MR) is 83.0 cm³/mol. The van der Waals surface area contributed by atoms with Gasteiger partial charge in [0, 0.05) is 31.0 Å². The second kappa shape index (κ2) is 6.20. The molecule has 20 heavy (non-hydrogen) atoms. The number of hydrogen-bond donors (Lipinski definition) is 1. The Morgan fingerprint density at radius 2 is 2.05 bits per heavy atom. The summed E-state index contributed by atoms with van der Waals surface area (Å²) in [4.78, 5) is 14.8. The summed E-state index contributed by atoms with van der Waals surface area (Å²) >= 11 is 0. The first kappa shape index (κ1) is 17.7. The summed E-state index contributed by atoms with van der Waals surface area (Å²) < 4.78 is 5.86. The van der Waals surface area contributed by atoms with Crippen LogP contribution in [0.25, 0.3) is 0 Å². The van der Waals surface area contributed by atoms with Gasteiger partial charge in [-0.3, -0.25) is 4.79 Å². The molecule has 0 aromatic rings. The number of carbonyl (C=O) groups excluding carboxylic acids is 1. The van der Waals surface area contributed by atoms with Gasteiger partial charge in [-0.15, -0.1) is 12.4 Å². The Labute approximate surface area is 128 Å². The number of amides is 1. The van der Waals surface area contributed by atoms with Crippen LogP contribution in [0.5, 0.6) is 0 Å². The predicted octanol–water partition coefficient (Wildman–Crippen LogP) is 2.20. The molecule has 3 atom stereocenters. The van der Waals surface area contributed by atoms with Crippen LogP contribution in [0, 0.1) is 11.3 Å². The summed E-state index contributed by atoms with van der Waals surface area (Å²) in [6, 6.07) is 0. The Morgan fingerprint density at radius 1 is 1.40 bits per heavy atom. The van der Waals surface area contributed by atoms with E-state index in [1.165, 1.54) is 0 Å². The van der Waals surface area contributed by atoms with Gasteiger partial charge in [-0.05, 0) is 26.2 Å². The van der Waals surface area contributed by atoms with Gasteiger partial charge >= 0.3 is 0 Å². The first-order chi connectivity index (χ1) is 8.91. The second-order valence-corrected chi connectivity index (χ2v) is 6.52. The molecule has 1 amide bonds. The SMILES string of the molecule is CCCN(CC)C(=O)C1(N)C2CCCOC2C1(C)C.Cl. The van der Waals surface area contributed by atoms with Gasteiger partial charge in [-0.1, -0.05) is 20.8 Å². The van der Waals surface area contributed by atoms with E-state index < -0.39 is 5.54 Å². The monoisotopic (exact) mass is 304 g/mol. The van der Waals surface area contributed by atoms with Crippen LogP contribution < -0.4 is 5.73 Å². The molecule has 2 aliphatic rings. The van der Waals surface area contributed by atoms with Crippen molar-refractivity contribution in [3.63, 3.8) is 0 Å². The summed E-state index contributed by atoms with van der Waals surface area (Å²) in [6.45, 7) is 10.6.